The highest BCUT2D eigenvalue weighted by Gasteiger charge is 2.12. The number of fused-ring (bicyclic) bond motifs is 1. The van der Waals surface area contributed by atoms with E-state index in [1.165, 1.54) is 0 Å². The predicted octanol–water partition coefficient (Wildman–Crippen LogP) is 2.60. The maximum Gasteiger partial charge on any atom is 0.336 e. The van der Waals surface area contributed by atoms with E-state index in [1.807, 2.05) is 36.6 Å². The number of rotatable bonds is 3. The average molecular weight is 301 g/mol. The smallest absolute Gasteiger partial charge is 0.321 e. The van der Waals surface area contributed by atoms with Gasteiger partial charge in [-0.05, 0) is 19.1 Å². The van der Waals surface area contributed by atoms with Gasteiger partial charge in [-0.2, -0.15) is 0 Å². The van der Waals surface area contributed by atoms with Crippen LogP contribution in [0.2, 0.25) is 0 Å². The fourth-order valence-electron chi connectivity index (χ4n) is 2.03. The molecule has 0 fully saturated rings. The van der Waals surface area contributed by atoms with E-state index in [9.17, 15) is 4.79 Å². The Morgan fingerprint density at radius 1 is 1.43 bits per heavy atom. The van der Waals surface area contributed by atoms with E-state index in [4.69, 9.17) is 0 Å². The fraction of sp³-hybridized carbons (Fsp3) is 0.214. The molecule has 3 aromatic rings. The Labute approximate surface area is 126 Å². The third kappa shape index (κ3) is 2.87. The number of aryl methyl sites for hydroxylation is 1. The van der Waals surface area contributed by atoms with Crippen molar-refractivity contribution in [3.8, 4) is 0 Å². The van der Waals surface area contributed by atoms with E-state index in [-0.39, 0.29) is 6.03 Å². The number of para-hydroxylation sites is 2. The lowest BCUT2D eigenvalue weighted by atomic mass is 10.3. The first kappa shape index (κ1) is 13.6. The molecule has 0 spiro atoms. The van der Waals surface area contributed by atoms with Crippen molar-refractivity contribution in [1.82, 2.24) is 19.5 Å². The molecule has 0 aliphatic rings. The van der Waals surface area contributed by atoms with Crippen LogP contribution in [0.15, 0.2) is 36.0 Å². The Balaban J connectivity index is 1.70. The van der Waals surface area contributed by atoms with Gasteiger partial charge in [-0.1, -0.05) is 12.1 Å². The summed E-state index contributed by atoms with van der Waals surface area (Å²) in [6, 6.07) is 7.43. The van der Waals surface area contributed by atoms with E-state index in [0.717, 1.165) is 21.7 Å². The molecule has 0 bridgehead atoms. The van der Waals surface area contributed by atoms with Crippen molar-refractivity contribution in [3.63, 3.8) is 0 Å². The van der Waals surface area contributed by atoms with Gasteiger partial charge in [0.05, 0.1) is 28.3 Å². The molecule has 0 saturated carbocycles. The normalized spacial score (nSPS) is 10.8. The molecule has 0 aliphatic carbocycles. The van der Waals surface area contributed by atoms with Gasteiger partial charge in [0.15, 0.2) is 0 Å². The molecule has 2 amide bonds. The number of urea groups is 1. The van der Waals surface area contributed by atoms with Gasteiger partial charge in [0.1, 0.15) is 6.33 Å². The quantitative estimate of drug-likeness (QED) is 0.809. The fourth-order valence-corrected chi connectivity index (χ4v) is 2.64. The van der Waals surface area contributed by atoms with Crippen LogP contribution < -0.4 is 5.43 Å². The maximum absolute atomic E-state index is 12.2. The molecule has 7 heteroatoms. The molecule has 0 aliphatic heterocycles. The molecular weight excluding hydrogens is 286 g/mol. The van der Waals surface area contributed by atoms with Crippen LogP contribution >= 0.6 is 11.3 Å². The van der Waals surface area contributed by atoms with Gasteiger partial charge < -0.3 is 4.90 Å². The van der Waals surface area contributed by atoms with Gasteiger partial charge in [0.2, 0.25) is 0 Å². The monoisotopic (exact) mass is 301 g/mol. The number of carbonyl (C=O) groups excluding carboxylic acids is 1. The number of thiazole rings is 1. The summed E-state index contributed by atoms with van der Waals surface area (Å²) in [4.78, 5) is 22.4. The largest absolute Gasteiger partial charge is 0.336 e. The predicted molar refractivity (Wildman–Crippen MR) is 82.8 cm³/mol. The second kappa shape index (κ2) is 5.53. The molecule has 6 nitrogen and oxygen atoms in total. The Bertz CT molecular complexity index is 778. The highest BCUT2D eigenvalue weighted by Crippen LogP contribution is 2.12. The number of amides is 2. The van der Waals surface area contributed by atoms with Gasteiger partial charge in [-0.25, -0.2) is 24.9 Å². The van der Waals surface area contributed by atoms with Crippen molar-refractivity contribution in [2.45, 2.75) is 13.5 Å². The van der Waals surface area contributed by atoms with E-state index in [1.54, 1.807) is 34.3 Å². The zero-order valence-corrected chi connectivity index (χ0v) is 12.6. The van der Waals surface area contributed by atoms with E-state index >= 15 is 0 Å². The molecule has 0 radical (unpaired) electrons. The van der Waals surface area contributed by atoms with Gasteiger partial charge >= 0.3 is 6.03 Å². The number of hydrogen-bond acceptors (Lipinski definition) is 4. The second-order valence-corrected chi connectivity index (χ2v) is 5.80. The van der Waals surface area contributed by atoms with Crippen molar-refractivity contribution in [1.29, 1.82) is 0 Å². The zero-order chi connectivity index (χ0) is 14.8. The van der Waals surface area contributed by atoms with Gasteiger partial charge in [0, 0.05) is 12.4 Å². The highest BCUT2D eigenvalue weighted by molar-refractivity contribution is 7.09. The van der Waals surface area contributed by atoms with E-state index < -0.39 is 0 Å². The number of hydrogen-bond donors (Lipinski definition) is 1. The Morgan fingerprint density at radius 2 is 2.24 bits per heavy atom. The van der Waals surface area contributed by atoms with Crippen LogP contribution in [0.4, 0.5) is 4.79 Å². The SMILES string of the molecule is Cc1nc(CN(C)C(=O)Nn2cnc3ccccc32)cs1. The number of aromatic nitrogens is 3. The minimum absolute atomic E-state index is 0.205. The Kier molecular flexibility index (Phi) is 3.57. The van der Waals surface area contributed by atoms with Gasteiger partial charge in [-0.15, -0.1) is 11.3 Å². The molecule has 0 saturated heterocycles. The molecule has 1 N–H and O–H groups in total. The zero-order valence-electron chi connectivity index (χ0n) is 11.8. The van der Waals surface area contributed by atoms with Crippen LogP contribution in [0.1, 0.15) is 10.7 Å². The van der Waals surface area contributed by atoms with Crippen LogP contribution in [0, 0.1) is 6.92 Å². The number of carbonyl (C=O) groups is 1. The first-order valence-corrected chi connectivity index (χ1v) is 7.36. The lowest BCUT2D eigenvalue weighted by Crippen LogP contribution is -2.35. The summed E-state index contributed by atoms with van der Waals surface area (Å²) in [5, 5.41) is 2.96. The van der Waals surface area contributed by atoms with Crippen molar-refractivity contribution in [2.24, 2.45) is 0 Å². The third-order valence-electron chi connectivity index (χ3n) is 3.08. The molecule has 0 atom stereocenters. The summed E-state index contributed by atoms with van der Waals surface area (Å²) in [6.45, 7) is 2.43. The molecule has 0 unspecified atom stereocenters. The molecule has 21 heavy (non-hydrogen) atoms. The van der Waals surface area contributed by atoms with Crippen molar-refractivity contribution in [2.75, 3.05) is 12.5 Å². The summed E-state index contributed by atoms with van der Waals surface area (Å²) in [5.74, 6) is 0. The summed E-state index contributed by atoms with van der Waals surface area (Å²) >= 11 is 1.58. The number of nitrogens with one attached hydrogen (secondary N) is 1. The molecule has 3 rings (SSSR count). The minimum Gasteiger partial charge on any atom is -0.321 e. The second-order valence-electron chi connectivity index (χ2n) is 4.73. The van der Waals surface area contributed by atoms with Crippen LogP contribution in [0.25, 0.3) is 11.0 Å². The first-order chi connectivity index (χ1) is 10.1. The summed E-state index contributed by atoms with van der Waals surface area (Å²) < 4.78 is 1.63. The maximum atomic E-state index is 12.2. The van der Waals surface area contributed by atoms with Crippen molar-refractivity contribution >= 4 is 28.4 Å². The molecule has 2 aromatic heterocycles. The molecular formula is C14H15N5OS. The van der Waals surface area contributed by atoms with Gasteiger partial charge in [-0.3, -0.25) is 0 Å². The lowest BCUT2D eigenvalue weighted by Gasteiger charge is -2.17. The minimum atomic E-state index is -0.205. The summed E-state index contributed by atoms with van der Waals surface area (Å²) in [6.07, 6.45) is 1.60. The summed E-state index contributed by atoms with van der Waals surface area (Å²) in [7, 11) is 1.74. The van der Waals surface area contributed by atoms with E-state index in [2.05, 4.69) is 15.4 Å². The number of imidazole rings is 1. The number of benzene rings is 1. The van der Waals surface area contributed by atoms with Crippen LogP contribution in [0.5, 0.6) is 0 Å². The Morgan fingerprint density at radius 3 is 3.00 bits per heavy atom. The third-order valence-corrected chi connectivity index (χ3v) is 3.90. The lowest BCUT2D eigenvalue weighted by molar-refractivity contribution is 0.217. The average Bonchev–Trinajstić information content (AvgIpc) is 3.06. The topological polar surface area (TPSA) is 63.1 Å². The highest BCUT2D eigenvalue weighted by atomic mass is 32.1. The standard InChI is InChI=1S/C14H15N5OS/c1-10-16-11(8-21-10)7-18(2)14(20)17-19-9-15-12-5-3-4-6-13(12)19/h3-6,8-9H,7H2,1-2H3,(H,17,20). The molecule has 108 valence electrons. The van der Waals surface area contributed by atoms with E-state index in [0.29, 0.717) is 6.54 Å². The molecule has 1 aromatic carbocycles. The van der Waals surface area contributed by atoms with Crippen LogP contribution in [0.3, 0.4) is 0 Å². The summed E-state index contributed by atoms with van der Waals surface area (Å²) in [5.41, 5.74) is 5.41. The van der Waals surface area contributed by atoms with Crippen LogP contribution in [-0.2, 0) is 6.54 Å². The Hall–Kier alpha value is -2.41. The van der Waals surface area contributed by atoms with Crippen molar-refractivity contribution < 1.29 is 4.79 Å². The van der Waals surface area contributed by atoms with Gasteiger partial charge in [0.25, 0.3) is 0 Å². The van der Waals surface area contributed by atoms with Crippen molar-refractivity contribution in [3.05, 3.63) is 46.7 Å². The van der Waals surface area contributed by atoms with Crippen LogP contribution in [-0.4, -0.2) is 32.6 Å². The number of nitrogens with zero attached hydrogens (tertiary/aromatic N) is 4. The first-order valence-electron chi connectivity index (χ1n) is 6.49. The molecule has 2 heterocycles.